The molecule has 1 fully saturated rings. The average molecular weight is 478 g/mol. The quantitative estimate of drug-likeness (QED) is 0.598. The summed E-state index contributed by atoms with van der Waals surface area (Å²) in [6.07, 6.45) is -1.06. The summed E-state index contributed by atoms with van der Waals surface area (Å²) in [5.41, 5.74) is 2.62. The third kappa shape index (κ3) is 4.50. The van der Waals surface area contributed by atoms with E-state index in [0.717, 1.165) is 44.0 Å². The number of aryl methyl sites for hydroxylation is 1. The lowest BCUT2D eigenvalue weighted by atomic mass is 9.85. The van der Waals surface area contributed by atoms with E-state index in [1.165, 1.54) is 10.6 Å². The summed E-state index contributed by atoms with van der Waals surface area (Å²) in [4.78, 5) is 34.2. The van der Waals surface area contributed by atoms with Crippen molar-refractivity contribution in [3.05, 3.63) is 59.1 Å². The Morgan fingerprint density at radius 3 is 2.52 bits per heavy atom. The molecule has 5 heterocycles. The molecule has 0 aromatic carbocycles. The summed E-state index contributed by atoms with van der Waals surface area (Å²) in [5, 5.41) is 9.23. The van der Waals surface area contributed by atoms with Crippen molar-refractivity contribution < 1.29 is 27.9 Å². The van der Waals surface area contributed by atoms with Gasteiger partial charge >= 0.3 is 12.1 Å². The summed E-state index contributed by atoms with van der Waals surface area (Å²) >= 11 is 1.75. The zero-order valence-corrected chi connectivity index (χ0v) is 18.5. The fourth-order valence-electron chi connectivity index (χ4n) is 4.34. The Balaban J connectivity index is 0.000000325. The van der Waals surface area contributed by atoms with E-state index in [4.69, 9.17) is 14.9 Å². The minimum atomic E-state index is -5.08. The van der Waals surface area contributed by atoms with Gasteiger partial charge in [-0.25, -0.2) is 14.8 Å². The number of hydrogen-bond donors (Lipinski definition) is 1. The molecule has 2 aliphatic rings. The number of aliphatic carboxylic acids is 1. The molecule has 0 bridgehead atoms. The molecule has 5 rings (SSSR count). The number of carboxylic acids is 1. The number of fused-ring (bicyclic) bond motifs is 2. The van der Waals surface area contributed by atoms with E-state index in [-0.39, 0.29) is 11.3 Å². The molecule has 1 N–H and O–H groups in total. The van der Waals surface area contributed by atoms with Gasteiger partial charge in [-0.1, -0.05) is 12.1 Å². The molecule has 174 valence electrons. The van der Waals surface area contributed by atoms with Crippen molar-refractivity contribution in [2.45, 2.75) is 37.9 Å². The number of carboxylic acid groups (broad SMARTS) is 1. The Labute approximate surface area is 191 Å². The molecule has 0 saturated carbocycles. The molecule has 3 aromatic rings. The maximum absolute atomic E-state index is 12.9. The predicted octanol–water partition coefficient (Wildman–Crippen LogP) is 4.14. The molecular formula is C22H21F3N4O3S. The largest absolute Gasteiger partial charge is 0.490 e. The van der Waals surface area contributed by atoms with Crippen LogP contribution in [0.3, 0.4) is 0 Å². The minimum Gasteiger partial charge on any atom is -0.475 e. The standard InChI is InChI=1S/C20H20N4OS.C2HF3O2/c1-14-4-2-5-15(22-14)18(25)23-9-7-20(13-23)8-10-24-16(12-21-19(20)24)17-6-3-11-26-17;3-2(4,5)1(6)7/h2-6,11-12H,7-10,13H2,1H3;(H,6,7). The highest BCUT2D eigenvalue weighted by molar-refractivity contribution is 7.13. The van der Waals surface area contributed by atoms with Crippen LogP contribution in [0.25, 0.3) is 10.6 Å². The number of rotatable bonds is 2. The fraction of sp³-hybridized carbons (Fsp3) is 0.364. The normalized spacial score (nSPS) is 19.3. The topological polar surface area (TPSA) is 88.3 Å². The molecule has 1 unspecified atom stereocenters. The Kier molecular flexibility index (Phi) is 6.00. The van der Waals surface area contributed by atoms with E-state index in [1.54, 1.807) is 11.3 Å². The summed E-state index contributed by atoms with van der Waals surface area (Å²) in [6.45, 7) is 4.41. The number of carbonyl (C=O) groups excluding carboxylic acids is 1. The van der Waals surface area contributed by atoms with Gasteiger partial charge in [-0.15, -0.1) is 11.3 Å². The summed E-state index contributed by atoms with van der Waals surface area (Å²) < 4.78 is 34.1. The van der Waals surface area contributed by atoms with Crippen LogP contribution in [0.1, 0.15) is 34.8 Å². The highest BCUT2D eigenvalue weighted by Crippen LogP contribution is 2.44. The number of pyridine rings is 1. The Morgan fingerprint density at radius 1 is 1.15 bits per heavy atom. The summed E-state index contributed by atoms with van der Waals surface area (Å²) in [7, 11) is 0. The van der Waals surface area contributed by atoms with E-state index in [2.05, 4.69) is 27.1 Å². The van der Waals surface area contributed by atoms with Crippen LogP contribution in [0.2, 0.25) is 0 Å². The minimum absolute atomic E-state index is 0.00497. The molecule has 33 heavy (non-hydrogen) atoms. The van der Waals surface area contributed by atoms with Gasteiger partial charge in [0.25, 0.3) is 5.91 Å². The highest BCUT2D eigenvalue weighted by atomic mass is 32.1. The Bertz CT molecular complexity index is 1180. The molecular weight excluding hydrogens is 457 g/mol. The first-order valence-electron chi connectivity index (χ1n) is 10.2. The van der Waals surface area contributed by atoms with Crippen LogP contribution in [0.5, 0.6) is 0 Å². The number of halogens is 3. The van der Waals surface area contributed by atoms with E-state index in [9.17, 15) is 18.0 Å². The first kappa shape index (κ1) is 23.0. The van der Waals surface area contributed by atoms with Crippen LogP contribution in [0.15, 0.2) is 41.9 Å². The molecule has 0 radical (unpaired) electrons. The predicted molar refractivity (Wildman–Crippen MR) is 115 cm³/mol. The lowest BCUT2D eigenvalue weighted by Gasteiger charge is -2.22. The molecule has 1 spiro atoms. The van der Waals surface area contributed by atoms with Gasteiger partial charge in [-0.3, -0.25) is 4.79 Å². The number of nitrogens with zero attached hydrogens (tertiary/aromatic N) is 4. The van der Waals surface area contributed by atoms with Crippen LogP contribution >= 0.6 is 11.3 Å². The number of carbonyl (C=O) groups is 2. The molecule has 1 saturated heterocycles. The van der Waals surface area contributed by atoms with Crippen molar-refractivity contribution in [2.75, 3.05) is 13.1 Å². The second-order valence-corrected chi connectivity index (χ2v) is 9.02. The average Bonchev–Trinajstić information content (AvgIpc) is 3.54. The van der Waals surface area contributed by atoms with Crippen molar-refractivity contribution >= 4 is 23.2 Å². The van der Waals surface area contributed by atoms with Gasteiger partial charge in [0.15, 0.2) is 0 Å². The van der Waals surface area contributed by atoms with Crippen LogP contribution in [-0.4, -0.2) is 55.7 Å². The summed E-state index contributed by atoms with van der Waals surface area (Å²) in [5.74, 6) is -1.57. The Morgan fingerprint density at radius 2 is 1.88 bits per heavy atom. The van der Waals surface area contributed by atoms with Gasteiger partial charge in [0.2, 0.25) is 0 Å². The zero-order valence-electron chi connectivity index (χ0n) is 17.7. The molecule has 3 aromatic heterocycles. The molecule has 1 amide bonds. The highest BCUT2D eigenvalue weighted by Gasteiger charge is 2.48. The molecule has 0 aliphatic carbocycles. The monoisotopic (exact) mass is 478 g/mol. The summed E-state index contributed by atoms with van der Waals surface area (Å²) in [6, 6.07) is 9.85. The number of amides is 1. The number of imidazole rings is 1. The number of likely N-dealkylation sites (tertiary alicyclic amines) is 1. The third-order valence-electron chi connectivity index (χ3n) is 5.91. The van der Waals surface area contributed by atoms with Crippen molar-refractivity contribution in [1.29, 1.82) is 0 Å². The van der Waals surface area contributed by atoms with Crippen molar-refractivity contribution in [1.82, 2.24) is 19.4 Å². The second kappa shape index (κ2) is 8.62. The number of aromatic nitrogens is 3. The van der Waals surface area contributed by atoms with Gasteiger partial charge in [0.05, 0.1) is 16.8 Å². The van der Waals surface area contributed by atoms with Gasteiger partial charge in [-0.05, 0) is 43.3 Å². The first-order chi connectivity index (χ1) is 15.6. The van der Waals surface area contributed by atoms with Crippen molar-refractivity contribution in [3.8, 4) is 10.6 Å². The zero-order chi connectivity index (χ0) is 23.8. The van der Waals surface area contributed by atoms with Crippen LogP contribution in [0, 0.1) is 6.92 Å². The molecule has 7 nitrogen and oxygen atoms in total. The van der Waals surface area contributed by atoms with Gasteiger partial charge < -0.3 is 14.6 Å². The maximum atomic E-state index is 12.9. The Hall–Kier alpha value is -3.21. The third-order valence-corrected chi connectivity index (χ3v) is 6.80. The van der Waals surface area contributed by atoms with Crippen LogP contribution in [-0.2, 0) is 16.8 Å². The SMILES string of the molecule is Cc1cccc(C(=O)N2CCC3(CCn4c(-c5cccs5)cnc43)C2)n1.O=C(O)C(F)(F)F. The van der Waals surface area contributed by atoms with Crippen molar-refractivity contribution in [3.63, 3.8) is 0 Å². The lowest BCUT2D eigenvalue weighted by Crippen LogP contribution is -2.34. The second-order valence-electron chi connectivity index (χ2n) is 8.07. The molecule has 2 aliphatic heterocycles. The molecule has 11 heteroatoms. The van der Waals surface area contributed by atoms with E-state index < -0.39 is 12.1 Å². The number of hydrogen-bond acceptors (Lipinski definition) is 5. The smallest absolute Gasteiger partial charge is 0.475 e. The fourth-order valence-corrected chi connectivity index (χ4v) is 5.08. The first-order valence-corrected chi connectivity index (χ1v) is 11.1. The number of alkyl halides is 3. The van der Waals surface area contributed by atoms with E-state index >= 15 is 0 Å². The van der Waals surface area contributed by atoms with Crippen LogP contribution in [0.4, 0.5) is 13.2 Å². The van der Waals surface area contributed by atoms with Crippen LogP contribution < -0.4 is 0 Å². The van der Waals surface area contributed by atoms with E-state index in [0.29, 0.717) is 5.69 Å². The maximum Gasteiger partial charge on any atom is 0.490 e. The van der Waals surface area contributed by atoms with Gasteiger partial charge in [-0.2, -0.15) is 13.2 Å². The molecule has 1 atom stereocenters. The van der Waals surface area contributed by atoms with Crippen molar-refractivity contribution in [2.24, 2.45) is 0 Å². The number of thiophene rings is 1. The van der Waals surface area contributed by atoms with E-state index in [1.807, 2.05) is 36.2 Å². The van der Waals surface area contributed by atoms with Gasteiger partial charge in [0, 0.05) is 30.7 Å². The lowest BCUT2D eigenvalue weighted by molar-refractivity contribution is -0.192. The van der Waals surface area contributed by atoms with Gasteiger partial charge in [0.1, 0.15) is 11.5 Å².